The second kappa shape index (κ2) is 6.19. The van der Waals surface area contributed by atoms with Gasteiger partial charge in [-0.1, -0.05) is 26.0 Å². The lowest BCUT2D eigenvalue weighted by Crippen LogP contribution is -2.51. The predicted octanol–water partition coefficient (Wildman–Crippen LogP) is 5.74. The molecule has 1 aliphatic heterocycles. The van der Waals surface area contributed by atoms with Gasteiger partial charge in [0.25, 0.3) is 0 Å². The van der Waals surface area contributed by atoms with E-state index in [9.17, 15) is 0 Å². The minimum Gasteiger partial charge on any atom is -0.381 e. The lowest BCUT2D eigenvalue weighted by molar-refractivity contribution is -0.0798. The summed E-state index contributed by atoms with van der Waals surface area (Å²) in [6.07, 6.45) is 16.0. The van der Waals surface area contributed by atoms with E-state index in [0.29, 0.717) is 10.8 Å². The van der Waals surface area contributed by atoms with Crippen molar-refractivity contribution in [3.8, 4) is 0 Å². The van der Waals surface area contributed by atoms with Gasteiger partial charge in [-0.15, -0.1) is 0 Å². The van der Waals surface area contributed by atoms with Crippen LogP contribution in [0.2, 0.25) is 0 Å². The minimum absolute atomic E-state index is 0.356. The summed E-state index contributed by atoms with van der Waals surface area (Å²) in [5.74, 6) is 3.53. The lowest BCUT2D eigenvalue weighted by Gasteiger charge is -2.58. The molecule has 3 fully saturated rings. The summed E-state index contributed by atoms with van der Waals surface area (Å²) in [5, 5.41) is 0. The molecule has 2 heterocycles. The van der Waals surface area contributed by atoms with Crippen molar-refractivity contribution in [3.05, 3.63) is 36.2 Å². The van der Waals surface area contributed by atoms with Gasteiger partial charge >= 0.3 is 0 Å². The van der Waals surface area contributed by atoms with Crippen molar-refractivity contribution in [2.24, 2.45) is 34.5 Å². The molecule has 2 saturated carbocycles. The normalized spacial score (nSPS) is 45.1. The average Bonchev–Trinajstić information content (AvgIpc) is 2.88. The van der Waals surface area contributed by atoms with Crippen molar-refractivity contribution in [2.75, 3.05) is 13.2 Å². The Morgan fingerprint density at radius 2 is 1.96 bits per heavy atom. The molecule has 3 aliphatic carbocycles. The average molecular weight is 352 g/mol. The molecule has 5 rings (SSSR count). The Hall–Kier alpha value is -1.15. The molecule has 0 aromatic carbocycles. The van der Waals surface area contributed by atoms with Gasteiger partial charge in [0.2, 0.25) is 0 Å². The Kier molecular flexibility index (Phi) is 4.04. The number of pyridine rings is 1. The topological polar surface area (TPSA) is 22.1 Å². The lowest BCUT2D eigenvalue weighted by atomic mass is 9.46. The summed E-state index contributed by atoms with van der Waals surface area (Å²) in [6, 6.07) is 4.36. The zero-order valence-corrected chi connectivity index (χ0v) is 16.4. The quantitative estimate of drug-likeness (QED) is 0.643. The predicted molar refractivity (Wildman–Crippen MR) is 106 cm³/mol. The summed E-state index contributed by atoms with van der Waals surface area (Å²) in [4.78, 5) is 4.40. The van der Waals surface area contributed by atoms with E-state index in [1.54, 1.807) is 5.57 Å². The molecule has 0 N–H and O–H groups in total. The fourth-order valence-electron chi connectivity index (χ4n) is 7.56. The maximum atomic E-state index is 5.90. The van der Waals surface area contributed by atoms with Gasteiger partial charge in [-0.05, 0) is 96.7 Å². The Labute approximate surface area is 158 Å². The zero-order chi connectivity index (χ0) is 17.8. The zero-order valence-electron chi connectivity index (χ0n) is 16.4. The van der Waals surface area contributed by atoms with Crippen LogP contribution in [0.5, 0.6) is 0 Å². The number of fused-ring (bicyclic) bond motifs is 5. The van der Waals surface area contributed by atoms with Crippen LogP contribution in [0.15, 0.2) is 30.6 Å². The molecule has 1 saturated heterocycles. The van der Waals surface area contributed by atoms with Gasteiger partial charge in [0.15, 0.2) is 0 Å². The molecule has 140 valence electrons. The van der Waals surface area contributed by atoms with Gasteiger partial charge < -0.3 is 4.74 Å². The first-order chi connectivity index (χ1) is 12.6. The number of nitrogens with zero attached hydrogens (tertiary/aromatic N) is 1. The summed E-state index contributed by atoms with van der Waals surface area (Å²) >= 11 is 0. The van der Waals surface area contributed by atoms with Crippen LogP contribution in [-0.2, 0) is 4.74 Å². The molecule has 4 aliphatic rings. The van der Waals surface area contributed by atoms with Gasteiger partial charge in [-0.25, -0.2) is 0 Å². The Balaban J connectivity index is 1.45. The molecule has 0 spiro atoms. The molecule has 2 nitrogen and oxygen atoms in total. The SMILES string of the molecule is C[C@]12CCC3[C@@H](CC[C@H]4CCOCC[C@]34C)[C@@H]1CC=C2c1cccnc1. The van der Waals surface area contributed by atoms with E-state index >= 15 is 0 Å². The third-order valence-electron chi connectivity index (χ3n) is 9.01. The smallest absolute Gasteiger partial charge is 0.0471 e. The highest BCUT2D eigenvalue weighted by atomic mass is 16.5. The largest absolute Gasteiger partial charge is 0.381 e. The van der Waals surface area contributed by atoms with Gasteiger partial charge in [-0.3, -0.25) is 4.98 Å². The maximum absolute atomic E-state index is 5.90. The third-order valence-corrected chi connectivity index (χ3v) is 9.01. The summed E-state index contributed by atoms with van der Waals surface area (Å²) in [6.45, 7) is 7.16. The van der Waals surface area contributed by atoms with Crippen molar-refractivity contribution >= 4 is 5.57 Å². The number of ether oxygens (including phenoxy) is 1. The van der Waals surface area contributed by atoms with Crippen LogP contribution in [0, 0.1) is 34.5 Å². The highest BCUT2D eigenvalue weighted by Crippen LogP contribution is 2.66. The Bertz CT molecular complexity index is 697. The van der Waals surface area contributed by atoms with Crippen molar-refractivity contribution in [3.63, 3.8) is 0 Å². The van der Waals surface area contributed by atoms with E-state index in [2.05, 4.69) is 43.2 Å². The summed E-state index contributed by atoms with van der Waals surface area (Å²) in [7, 11) is 0. The molecule has 1 aromatic rings. The van der Waals surface area contributed by atoms with E-state index in [1.807, 2.05) is 6.20 Å². The van der Waals surface area contributed by atoms with Crippen LogP contribution in [0.3, 0.4) is 0 Å². The van der Waals surface area contributed by atoms with E-state index < -0.39 is 0 Å². The van der Waals surface area contributed by atoms with Crippen LogP contribution in [0.1, 0.15) is 64.4 Å². The van der Waals surface area contributed by atoms with E-state index in [4.69, 9.17) is 4.74 Å². The molecule has 1 aromatic heterocycles. The Morgan fingerprint density at radius 1 is 1.04 bits per heavy atom. The molecular weight excluding hydrogens is 318 g/mol. The fourth-order valence-corrected chi connectivity index (χ4v) is 7.56. The van der Waals surface area contributed by atoms with E-state index in [0.717, 1.165) is 36.9 Å². The van der Waals surface area contributed by atoms with Crippen molar-refractivity contribution in [2.45, 2.75) is 58.8 Å². The summed E-state index contributed by atoms with van der Waals surface area (Å²) in [5.41, 5.74) is 3.82. The minimum atomic E-state index is 0.356. The number of hydrogen-bond donors (Lipinski definition) is 0. The highest BCUT2D eigenvalue weighted by molar-refractivity contribution is 5.72. The molecule has 0 amide bonds. The first-order valence-electron chi connectivity index (χ1n) is 10.8. The number of rotatable bonds is 1. The number of allylic oxidation sites excluding steroid dienone is 2. The molecule has 26 heavy (non-hydrogen) atoms. The Morgan fingerprint density at radius 3 is 2.81 bits per heavy atom. The molecule has 1 unspecified atom stereocenters. The third kappa shape index (κ3) is 2.37. The van der Waals surface area contributed by atoms with Crippen LogP contribution in [-0.4, -0.2) is 18.2 Å². The van der Waals surface area contributed by atoms with Crippen LogP contribution >= 0.6 is 0 Å². The maximum Gasteiger partial charge on any atom is 0.0471 e. The molecule has 2 heteroatoms. The molecule has 6 atom stereocenters. The molecular formula is C24H33NO. The first-order valence-corrected chi connectivity index (χ1v) is 10.8. The van der Waals surface area contributed by atoms with Gasteiger partial charge in [0.1, 0.15) is 0 Å². The first kappa shape index (κ1) is 17.0. The van der Waals surface area contributed by atoms with Gasteiger partial charge in [-0.2, -0.15) is 0 Å². The monoisotopic (exact) mass is 351 g/mol. The standard InChI is InChI=1S/C24H33NO/c1-23-12-15-26-14-10-18(23)5-6-19-21-8-7-20(17-4-3-13-25-16-17)24(21,2)11-9-22(19)23/h3-4,7,13,16,18-19,21-22H,5-6,8-12,14-15H2,1-2H3/t18-,19-,21-,22?,23-,24+/m0/s1. The number of hydrogen-bond acceptors (Lipinski definition) is 2. The summed E-state index contributed by atoms with van der Waals surface area (Å²) < 4.78 is 5.90. The van der Waals surface area contributed by atoms with Crippen LogP contribution < -0.4 is 0 Å². The van der Waals surface area contributed by atoms with Gasteiger partial charge in [0.05, 0.1) is 0 Å². The second-order valence-electron chi connectivity index (χ2n) is 9.86. The van der Waals surface area contributed by atoms with Gasteiger partial charge in [0, 0.05) is 25.6 Å². The fraction of sp³-hybridized carbons (Fsp3) is 0.708. The van der Waals surface area contributed by atoms with E-state index in [-0.39, 0.29) is 0 Å². The van der Waals surface area contributed by atoms with Crippen molar-refractivity contribution in [1.82, 2.24) is 4.98 Å². The second-order valence-corrected chi connectivity index (χ2v) is 9.86. The van der Waals surface area contributed by atoms with Crippen LogP contribution in [0.4, 0.5) is 0 Å². The van der Waals surface area contributed by atoms with Crippen LogP contribution in [0.25, 0.3) is 5.57 Å². The molecule has 0 radical (unpaired) electrons. The van der Waals surface area contributed by atoms with Crippen molar-refractivity contribution < 1.29 is 4.74 Å². The van der Waals surface area contributed by atoms with E-state index in [1.165, 1.54) is 50.5 Å². The number of aromatic nitrogens is 1. The van der Waals surface area contributed by atoms with Crippen molar-refractivity contribution in [1.29, 1.82) is 0 Å². The molecule has 0 bridgehead atoms. The highest BCUT2D eigenvalue weighted by Gasteiger charge is 2.57.